The van der Waals surface area contributed by atoms with Crippen molar-refractivity contribution >= 4 is 43.0 Å². The summed E-state index contributed by atoms with van der Waals surface area (Å²) in [6.07, 6.45) is 0. The number of benzene rings is 1. The fourth-order valence-corrected chi connectivity index (χ4v) is 4.67. The van der Waals surface area contributed by atoms with Gasteiger partial charge in [0, 0.05) is 11.4 Å². The Bertz CT molecular complexity index is 760. The lowest BCUT2D eigenvalue weighted by Crippen LogP contribution is -2.12. The van der Waals surface area contributed by atoms with Crippen LogP contribution in [0.4, 0.5) is 10.1 Å². The number of sulfonamides is 1. The Morgan fingerprint density at radius 3 is 2.71 bits per heavy atom. The van der Waals surface area contributed by atoms with Crippen LogP contribution in [0.5, 0.6) is 0 Å². The van der Waals surface area contributed by atoms with Gasteiger partial charge in [-0.2, -0.15) is 0 Å². The first-order valence-electron chi connectivity index (χ1n) is 6.05. The summed E-state index contributed by atoms with van der Waals surface area (Å²) in [7, 11) is -1.91. The maximum atomic E-state index is 13.6. The first kappa shape index (κ1) is 16.4. The molecule has 0 saturated carbocycles. The van der Waals surface area contributed by atoms with Gasteiger partial charge < -0.3 is 5.32 Å². The molecule has 0 bridgehead atoms. The lowest BCUT2D eigenvalue weighted by Gasteiger charge is -2.10. The molecule has 0 saturated heterocycles. The Hall–Kier alpha value is -0.960. The van der Waals surface area contributed by atoms with Gasteiger partial charge in [-0.1, -0.05) is 0 Å². The summed E-state index contributed by atoms with van der Waals surface area (Å²) in [5, 5.41) is 2.96. The highest BCUT2D eigenvalue weighted by atomic mass is 79.9. The number of anilines is 1. The predicted octanol–water partition coefficient (Wildman–Crippen LogP) is 3.48. The van der Waals surface area contributed by atoms with Crippen LogP contribution in [0.25, 0.3) is 0 Å². The van der Waals surface area contributed by atoms with Crippen molar-refractivity contribution in [2.75, 3.05) is 11.8 Å². The first-order chi connectivity index (χ1) is 9.83. The van der Waals surface area contributed by atoms with Crippen molar-refractivity contribution < 1.29 is 12.8 Å². The molecule has 4 nitrogen and oxygen atoms in total. The van der Waals surface area contributed by atoms with Crippen molar-refractivity contribution in [1.29, 1.82) is 0 Å². The van der Waals surface area contributed by atoms with Crippen LogP contribution in [0.15, 0.2) is 32.9 Å². The van der Waals surface area contributed by atoms with E-state index >= 15 is 0 Å². The van der Waals surface area contributed by atoms with Crippen molar-refractivity contribution in [3.63, 3.8) is 0 Å². The van der Waals surface area contributed by atoms with Gasteiger partial charge in [-0.05, 0) is 59.7 Å². The molecule has 1 heterocycles. The highest BCUT2D eigenvalue weighted by Crippen LogP contribution is 2.28. The summed E-state index contributed by atoms with van der Waals surface area (Å²) in [6.45, 7) is 2.31. The molecule has 2 aromatic rings. The summed E-state index contributed by atoms with van der Waals surface area (Å²) in [4.78, 5) is 0.914. The minimum atomic E-state index is -3.70. The maximum absolute atomic E-state index is 13.6. The van der Waals surface area contributed by atoms with Gasteiger partial charge in [0.15, 0.2) is 0 Å². The quantitative estimate of drug-likeness (QED) is 0.818. The number of nitrogens with one attached hydrogen (secondary N) is 2. The van der Waals surface area contributed by atoms with Crippen LogP contribution in [0.2, 0.25) is 0 Å². The van der Waals surface area contributed by atoms with Gasteiger partial charge in [0.25, 0.3) is 10.0 Å². The van der Waals surface area contributed by atoms with E-state index in [-0.39, 0.29) is 9.90 Å². The second kappa shape index (κ2) is 6.43. The molecule has 0 atom stereocenters. The Labute approximate surface area is 135 Å². The molecule has 0 aliphatic carbocycles. The molecule has 0 spiro atoms. The summed E-state index contributed by atoms with van der Waals surface area (Å²) in [5.74, 6) is -0.514. The molecular formula is C13H14BrFN2O2S2. The zero-order valence-electron chi connectivity index (χ0n) is 11.4. The van der Waals surface area contributed by atoms with E-state index < -0.39 is 15.8 Å². The van der Waals surface area contributed by atoms with Crippen LogP contribution in [0.1, 0.15) is 10.4 Å². The lowest BCUT2D eigenvalue weighted by molar-refractivity contribution is 0.603. The minimum absolute atomic E-state index is 0.204. The molecule has 1 aromatic carbocycles. The van der Waals surface area contributed by atoms with E-state index in [1.54, 1.807) is 26.1 Å². The number of hydrogen-bond donors (Lipinski definition) is 2. The second-order valence-electron chi connectivity index (χ2n) is 4.44. The van der Waals surface area contributed by atoms with Crippen LogP contribution in [-0.4, -0.2) is 15.5 Å². The molecule has 2 rings (SSSR count). The van der Waals surface area contributed by atoms with Crippen LogP contribution >= 0.6 is 27.3 Å². The normalized spacial score (nSPS) is 11.6. The van der Waals surface area contributed by atoms with E-state index in [1.807, 2.05) is 0 Å². The molecule has 0 aliphatic heterocycles. The monoisotopic (exact) mass is 392 g/mol. The Morgan fingerprint density at radius 1 is 1.33 bits per heavy atom. The smallest absolute Gasteiger partial charge is 0.271 e. The fourth-order valence-electron chi connectivity index (χ4n) is 1.72. The van der Waals surface area contributed by atoms with E-state index in [0.29, 0.717) is 16.6 Å². The standard InChI is InChI=1S/C13H14BrFN2O2S2/c1-8-5-10(14)11(15)6-12(8)17-21(18,19)13-4-3-9(20-13)7-16-2/h3-6,16-17H,7H2,1-2H3. The molecule has 114 valence electrons. The summed E-state index contributed by atoms with van der Waals surface area (Å²) >= 11 is 4.25. The molecule has 0 radical (unpaired) electrons. The zero-order valence-corrected chi connectivity index (χ0v) is 14.6. The molecule has 1 aromatic heterocycles. The van der Waals surface area contributed by atoms with Crippen molar-refractivity contribution in [3.8, 4) is 0 Å². The molecule has 8 heteroatoms. The molecule has 21 heavy (non-hydrogen) atoms. The third-order valence-electron chi connectivity index (χ3n) is 2.76. The van der Waals surface area contributed by atoms with Gasteiger partial charge in [0.05, 0.1) is 10.2 Å². The lowest BCUT2D eigenvalue weighted by atomic mass is 10.2. The average molecular weight is 393 g/mol. The van der Waals surface area contributed by atoms with Crippen LogP contribution in [0.3, 0.4) is 0 Å². The number of hydrogen-bond acceptors (Lipinski definition) is 4. The summed E-state index contributed by atoms with van der Waals surface area (Å²) < 4.78 is 41.1. The SMILES string of the molecule is CNCc1ccc(S(=O)(=O)Nc2cc(F)c(Br)cc2C)s1. The van der Waals surface area contributed by atoms with Crippen molar-refractivity contribution in [3.05, 3.63) is 45.0 Å². The van der Waals surface area contributed by atoms with Crippen LogP contribution in [-0.2, 0) is 16.6 Å². The van der Waals surface area contributed by atoms with E-state index in [0.717, 1.165) is 4.88 Å². The number of halogens is 2. The van der Waals surface area contributed by atoms with Crippen LogP contribution < -0.4 is 10.0 Å². The van der Waals surface area contributed by atoms with Gasteiger partial charge >= 0.3 is 0 Å². The molecule has 0 aliphatic rings. The number of aryl methyl sites for hydroxylation is 1. The maximum Gasteiger partial charge on any atom is 0.271 e. The highest BCUT2D eigenvalue weighted by molar-refractivity contribution is 9.10. The number of thiophene rings is 1. The van der Waals surface area contributed by atoms with Gasteiger partial charge in [0.2, 0.25) is 0 Å². The number of rotatable bonds is 5. The summed E-state index contributed by atoms with van der Waals surface area (Å²) in [5.41, 5.74) is 0.873. The molecule has 0 fully saturated rings. The molecule has 0 amide bonds. The highest BCUT2D eigenvalue weighted by Gasteiger charge is 2.18. The van der Waals surface area contributed by atoms with Gasteiger partial charge in [0.1, 0.15) is 10.0 Å². The Balaban J connectivity index is 2.30. The topological polar surface area (TPSA) is 58.2 Å². The van der Waals surface area contributed by atoms with E-state index in [1.165, 1.54) is 23.5 Å². The molecular weight excluding hydrogens is 379 g/mol. The van der Waals surface area contributed by atoms with Crippen LogP contribution in [0, 0.1) is 12.7 Å². The molecule has 0 unspecified atom stereocenters. The van der Waals surface area contributed by atoms with E-state index in [2.05, 4.69) is 26.0 Å². The Morgan fingerprint density at radius 2 is 2.05 bits per heavy atom. The second-order valence-corrected chi connectivity index (χ2v) is 8.37. The zero-order chi connectivity index (χ0) is 15.6. The van der Waals surface area contributed by atoms with Gasteiger partial charge in [-0.15, -0.1) is 11.3 Å². The predicted molar refractivity (Wildman–Crippen MR) is 86.7 cm³/mol. The van der Waals surface area contributed by atoms with Crippen molar-refractivity contribution in [1.82, 2.24) is 5.32 Å². The van der Waals surface area contributed by atoms with Gasteiger partial charge in [-0.25, -0.2) is 12.8 Å². The Kier molecular flexibility index (Phi) is 5.03. The van der Waals surface area contributed by atoms with E-state index in [9.17, 15) is 12.8 Å². The minimum Gasteiger partial charge on any atom is -0.315 e. The van der Waals surface area contributed by atoms with Crippen molar-refractivity contribution in [2.45, 2.75) is 17.7 Å². The van der Waals surface area contributed by atoms with E-state index in [4.69, 9.17) is 0 Å². The third kappa shape index (κ3) is 3.82. The largest absolute Gasteiger partial charge is 0.315 e. The first-order valence-corrected chi connectivity index (χ1v) is 9.14. The average Bonchev–Trinajstić information content (AvgIpc) is 2.86. The van der Waals surface area contributed by atoms with Gasteiger partial charge in [-0.3, -0.25) is 4.72 Å². The fraction of sp³-hybridized carbons (Fsp3) is 0.231. The third-order valence-corrected chi connectivity index (χ3v) is 6.31. The molecule has 2 N–H and O–H groups in total. The van der Waals surface area contributed by atoms with Crippen molar-refractivity contribution in [2.24, 2.45) is 0 Å². The summed E-state index contributed by atoms with van der Waals surface area (Å²) in [6, 6.07) is 6.00.